The number of methoxy groups -OCH3 is 2. The van der Waals surface area contributed by atoms with Crippen molar-refractivity contribution in [3.63, 3.8) is 0 Å². The van der Waals surface area contributed by atoms with Crippen LogP contribution in [0, 0.1) is 5.82 Å². The Hall–Kier alpha value is -2.35. The third kappa shape index (κ3) is 4.98. The van der Waals surface area contributed by atoms with Crippen molar-refractivity contribution in [3.05, 3.63) is 52.8 Å². The number of hydrogen-bond donors (Lipinski definition) is 2. The van der Waals surface area contributed by atoms with Crippen molar-refractivity contribution in [3.8, 4) is 11.5 Å². The molecule has 8 heteroatoms. The molecule has 3 rings (SSSR count). The third-order valence-electron chi connectivity index (χ3n) is 5.08. The number of rotatable bonds is 7. The number of hydrogen-bond acceptors (Lipinski definition) is 5. The molecule has 1 saturated heterocycles. The zero-order valence-electron chi connectivity index (χ0n) is 16.4. The van der Waals surface area contributed by atoms with Crippen molar-refractivity contribution in [1.82, 2.24) is 5.32 Å². The molecule has 1 amide bonds. The zero-order chi connectivity index (χ0) is 20.9. The number of nitrogens with one attached hydrogen (secondary N) is 2. The molecule has 0 bridgehead atoms. The molecule has 2 aromatic carbocycles. The molecule has 6 nitrogen and oxygen atoms in total. The Morgan fingerprint density at radius 3 is 2.41 bits per heavy atom. The standard InChI is InChI=1S/C21H24ClFN2O4/c1-27-18-12-17(19(28-2)11-16(18)22)25-20(26)13-24-21(7-9-29-10-8-21)14-3-5-15(23)6-4-14/h3-6,11-12,24H,7-10,13H2,1-2H3,(H,25,26). The van der Waals surface area contributed by atoms with Gasteiger partial charge in [-0.05, 0) is 30.5 Å². The summed E-state index contributed by atoms with van der Waals surface area (Å²) in [6.07, 6.45) is 1.37. The predicted octanol–water partition coefficient (Wildman–Crippen LogP) is 3.73. The van der Waals surface area contributed by atoms with Crippen LogP contribution in [0.4, 0.5) is 10.1 Å². The number of carbonyl (C=O) groups excluding carboxylic acids is 1. The molecule has 1 fully saturated rings. The molecule has 29 heavy (non-hydrogen) atoms. The summed E-state index contributed by atoms with van der Waals surface area (Å²) in [5.74, 6) is 0.324. The van der Waals surface area contributed by atoms with Crippen LogP contribution in [0.2, 0.25) is 5.02 Å². The van der Waals surface area contributed by atoms with Crippen LogP contribution in [0.3, 0.4) is 0 Å². The molecule has 0 radical (unpaired) electrons. The van der Waals surface area contributed by atoms with E-state index in [1.807, 2.05) is 0 Å². The fourth-order valence-electron chi connectivity index (χ4n) is 3.46. The first-order chi connectivity index (χ1) is 14.0. The number of halogens is 2. The van der Waals surface area contributed by atoms with Gasteiger partial charge in [-0.1, -0.05) is 23.7 Å². The Kier molecular flexibility index (Phi) is 6.95. The highest BCUT2D eigenvalue weighted by molar-refractivity contribution is 6.32. The molecular formula is C21H24ClFN2O4. The lowest BCUT2D eigenvalue weighted by Gasteiger charge is -2.38. The first kappa shape index (κ1) is 21.4. The van der Waals surface area contributed by atoms with E-state index in [2.05, 4.69) is 10.6 Å². The topological polar surface area (TPSA) is 68.8 Å². The van der Waals surface area contributed by atoms with E-state index in [-0.39, 0.29) is 18.3 Å². The fourth-order valence-corrected chi connectivity index (χ4v) is 3.69. The molecule has 2 N–H and O–H groups in total. The van der Waals surface area contributed by atoms with Crippen molar-refractivity contribution >= 4 is 23.2 Å². The minimum absolute atomic E-state index is 0.0610. The summed E-state index contributed by atoms with van der Waals surface area (Å²) in [6, 6.07) is 9.56. The average Bonchev–Trinajstić information content (AvgIpc) is 2.74. The maximum atomic E-state index is 13.4. The van der Waals surface area contributed by atoms with E-state index in [1.165, 1.54) is 26.4 Å². The normalized spacial score (nSPS) is 15.6. The van der Waals surface area contributed by atoms with Crippen molar-refractivity contribution in [2.24, 2.45) is 0 Å². The molecular weight excluding hydrogens is 399 g/mol. The van der Waals surface area contributed by atoms with Gasteiger partial charge in [0.05, 0.1) is 31.5 Å². The first-order valence-corrected chi connectivity index (χ1v) is 9.65. The molecule has 1 aliphatic heterocycles. The number of amides is 1. The number of carbonyl (C=O) groups is 1. The maximum absolute atomic E-state index is 13.4. The minimum Gasteiger partial charge on any atom is -0.495 e. The lowest BCUT2D eigenvalue weighted by Crippen LogP contribution is -2.49. The minimum atomic E-state index is -0.453. The van der Waals surface area contributed by atoms with E-state index in [0.717, 1.165) is 5.56 Å². The summed E-state index contributed by atoms with van der Waals surface area (Å²) >= 11 is 6.11. The van der Waals surface area contributed by atoms with Crippen LogP contribution >= 0.6 is 11.6 Å². The summed E-state index contributed by atoms with van der Waals surface area (Å²) < 4.78 is 29.3. The van der Waals surface area contributed by atoms with Crippen molar-refractivity contribution in [2.75, 3.05) is 39.3 Å². The van der Waals surface area contributed by atoms with Gasteiger partial charge in [-0.2, -0.15) is 0 Å². The number of ether oxygens (including phenoxy) is 3. The van der Waals surface area contributed by atoms with Gasteiger partial charge in [-0.3, -0.25) is 10.1 Å². The van der Waals surface area contributed by atoms with Crippen LogP contribution in [0.25, 0.3) is 0 Å². The Balaban J connectivity index is 1.73. The van der Waals surface area contributed by atoms with Crippen LogP contribution in [0.1, 0.15) is 18.4 Å². The Labute approximate surface area is 174 Å². The van der Waals surface area contributed by atoms with Gasteiger partial charge >= 0.3 is 0 Å². The Morgan fingerprint density at radius 2 is 1.79 bits per heavy atom. The van der Waals surface area contributed by atoms with E-state index in [1.54, 1.807) is 24.3 Å². The van der Waals surface area contributed by atoms with Crippen LogP contribution in [0.15, 0.2) is 36.4 Å². The van der Waals surface area contributed by atoms with Gasteiger partial charge in [0.2, 0.25) is 5.91 Å². The molecule has 0 spiro atoms. The highest BCUT2D eigenvalue weighted by Crippen LogP contribution is 2.36. The second kappa shape index (κ2) is 9.43. The molecule has 156 valence electrons. The Bertz CT molecular complexity index is 855. The second-order valence-corrected chi connectivity index (χ2v) is 7.20. The molecule has 0 atom stereocenters. The van der Waals surface area contributed by atoms with Crippen LogP contribution < -0.4 is 20.1 Å². The molecule has 2 aromatic rings. The highest BCUT2D eigenvalue weighted by Gasteiger charge is 2.34. The van der Waals surface area contributed by atoms with Crippen LogP contribution in [0.5, 0.6) is 11.5 Å². The first-order valence-electron chi connectivity index (χ1n) is 9.27. The van der Waals surface area contributed by atoms with Gasteiger partial charge in [0, 0.05) is 30.9 Å². The number of anilines is 1. The summed E-state index contributed by atoms with van der Waals surface area (Å²) in [5, 5.41) is 6.57. The van der Waals surface area contributed by atoms with Gasteiger partial charge in [-0.25, -0.2) is 4.39 Å². The molecule has 0 aromatic heterocycles. The summed E-state index contributed by atoms with van der Waals surface area (Å²) in [5.41, 5.74) is 0.939. The van der Waals surface area contributed by atoms with Crippen molar-refractivity contribution in [2.45, 2.75) is 18.4 Å². The SMILES string of the molecule is COc1cc(NC(=O)CNC2(c3ccc(F)cc3)CCOCC2)c(OC)cc1Cl. The highest BCUT2D eigenvalue weighted by atomic mass is 35.5. The largest absolute Gasteiger partial charge is 0.495 e. The molecule has 1 aliphatic rings. The summed E-state index contributed by atoms with van der Waals surface area (Å²) in [6.45, 7) is 1.19. The van der Waals surface area contributed by atoms with E-state index in [0.29, 0.717) is 48.3 Å². The van der Waals surface area contributed by atoms with E-state index in [9.17, 15) is 9.18 Å². The maximum Gasteiger partial charge on any atom is 0.238 e. The summed E-state index contributed by atoms with van der Waals surface area (Å²) in [4.78, 5) is 12.6. The monoisotopic (exact) mass is 422 g/mol. The number of benzene rings is 2. The summed E-state index contributed by atoms with van der Waals surface area (Å²) in [7, 11) is 3.00. The van der Waals surface area contributed by atoms with Gasteiger partial charge in [-0.15, -0.1) is 0 Å². The average molecular weight is 423 g/mol. The Morgan fingerprint density at radius 1 is 1.14 bits per heavy atom. The lowest BCUT2D eigenvalue weighted by molar-refractivity contribution is -0.116. The van der Waals surface area contributed by atoms with Crippen LogP contribution in [-0.2, 0) is 15.1 Å². The van der Waals surface area contributed by atoms with Gasteiger partial charge < -0.3 is 19.5 Å². The second-order valence-electron chi connectivity index (χ2n) is 6.79. The van der Waals surface area contributed by atoms with Gasteiger partial charge in [0.25, 0.3) is 0 Å². The third-order valence-corrected chi connectivity index (χ3v) is 5.37. The van der Waals surface area contributed by atoms with E-state index in [4.69, 9.17) is 25.8 Å². The molecule has 1 heterocycles. The van der Waals surface area contributed by atoms with Crippen molar-refractivity contribution < 1.29 is 23.4 Å². The predicted molar refractivity (Wildman–Crippen MR) is 109 cm³/mol. The van der Waals surface area contributed by atoms with E-state index >= 15 is 0 Å². The zero-order valence-corrected chi connectivity index (χ0v) is 17.1. The van der Waals surface area contributed by atoms with Crippen LogP contribution in [-0.4, -0.2) is 39.9 Å². The quantitative estimate of drug-likeness (QED) is 0.711. The molecule has 0 unspecified atom stereocenters. The lowest BCUT2D eigenvalue weighted by atomic mass is 9.82. The molecule has 0 aliphatic carbocycles. The van der Waals surface area contributed by atoms with Gasteiger partial charge in [0.15, 0.2) is 0 Å². The van der Waals surface area contributed by atoms with Gasteiger partial charge in [0.1, 0.15) is 17.3 Å². The molecule has 0 saturated carbocycles. The van der Waals surface area contributed by atoms with E-state index < -0.39 is 5.54 Å². The smallest absolute Gasteiger partial charge is 0.238 e. The van der Waals surface area contributed by atoms with Crippen molar-refractivity contribution in [1.29, 1.82) is 0 Å². The fraction of sp³-hybridized carbons (Fsp3) is 0.381.